The van der Waals surface area contributed by atoms with Gasteiger partial charge in [0.05, 0.1) is 0 Å². The topological polar surface area (TPSA) is 53.2 Å². The van der Waals surface area contributed by atoms with Gasteiger partial charge in [0, 0.05) is 19.6 Å². The predicted octanol–water partition coefficient (Wildman–Crippen LogP) is 1.40. The van der Waals surface area contributed by atoms with Crippen molar-refractivity contribution >= 4 is 6.03 Å². The Kier molecular flexibility index (Phi) is 6.65. The minimum Gasteiger partial charge on any atom is -0.338 e. The van der Waals surface area contributed by atoms with Crippen molar-refractivity contribution in [3.8, 4) is 0 Å². The van der Waals surface area contributed by atoms with Crippen LogP contribution in [0.4, 0.5) is 4.79 Å². The molecule has 4 nitrogen and oxygen atoms in total. The van der Waals surface area contributed by atoms with Crippen LogP contribution in [0, 0.1) is 0 Å². The molecule has 1 heterocycles. The van der Waals surface area contributed by atoms with E-state index in [9.17, 15) is 4.79 Å². The Morgan fingerprint density at radius 1 is 1.44 bits per heavy atom. The number of hydrogen-bond donors (Lipinski definition) is 3. The molecule has 0 atom stereocenters. The van der Waals surface area contributed by atoms with Gasteiger partial charge in [-0.25, -0.2) is 4.79 Å². The van der Waals surface area contributed by atoms with Gasteiger partial charge in [-0.1, -0.05) is 25.0 Å². The zero-order valence-corrected chi connectivity index (χ0v) is 10.1. The molecule has 0 saturated heterocycles. The minimum absolute atomic E-state index is 0.0389. The SMILES string of the molecule is CCCCNC(=O)NCCC1=CCNCC1. The van der Waals surface area contributed by atoms with Gasteiger partial charge in [0.25, 0.3) is 0 Å². The lowest BCUT2D eigenvalue weighted by atomic mass is 10.1. The van der Waals surface area contributed by atoms with E-state index >= 15 is 0 Å². The van der Waals surface area contributed by atoms with Gasteiger partial charge in [0.1, 0.15) is 0 Å². The van der Waals surface area contributed by atoms with Crippen molar-refractivity contribution in [1.29, 1.82) is 0 Å². The van der Waals surface area contributed by atoms with Gasteiger partial charge in [-0.2, -0.15) is 0 Å². The predicted molar refractivity (Wildman–Crippen MR) is 66.5 cm³/mol. The van der Waals surface area contributed by atoms with E-state index in [0.717, 1.165) is 51.9 Å². The second-order valence-electron chi connectivity index (χ2n) is 4.10. The number of hydrogen-bond acceptors (Lipinski definition) is 2. The highest BCUT2D eigenvalue weighted by molar-refractivity contribution is 5.73. The molecule has 3 N–H and O–H groups in total. The molecular weight excluding hydrogens is 202 g/mol. The molecular formula is C12H23N3O. The summed E-state index contributed by atoms with van der Waals surface area (Å²) >= 11 is 0. The number of carbonyl (C=O) groups is 1. The highest BCUT2D eigenvalue weighted by Crippen LogP contribution is 2.07. The summed E-state index contributed by atoms with van der Waals surface area (Å²) in [6.07, 6.45) is 6.46. The first kappa shape index (κ1) is 13.0. The summed E-state index contributed by atoms with van der Waals surface area (Å²) in [5, 5.41) is 8.99. The van der Waals surface area contributed by atoms with Gasteiger partial charge in [-0.05, 0) is 25.8 Å². The van der Waals surface area contributed by atoms with E-state index in [4.69, 9.17) is 0 Å². The average molecular weight is 225 g/mol. The molecule has 1 aliphatic heterocycles. The molecule has 0 bridgehead atoms. The normalized spacial score (nSPS) is 15.4. The number of nitrogens with one attached hydrogen (secondary N) is 3. The molecule has 0 aromatic carbocycles. The fourth-order valence-corrected chi connectivity index (χ4v) is 1.67. The number of amides is 2. The van der Waals surface area contributed by atoms with E-state index in [1.54, 1.807) is 0 Å². The Labute approximate surface area is 97.9 Å². The van der Waals surface area contributed by atoms with Crippen molar-refractivity contribution in [2.75, 3.05) is 26.2 Å². The lowest BCUT2D eigenvalue weighted by molar-refractivity contribution is 0.241. The third-order valence-corrected chi connectivity index (χ3v) is 2.71. The first-order chi connectivity index (χ1) is 7.83. The van der Waals surface area contributed by atoms with Crippen LogP contribution in [0.15, 0.2) is 11.6 Å². The van der Waals surface area contributed by atoms with Crippen LogP contribution in [-0.4, -0.2) is 32.2 Å². The summed E-state index contributed by atoms with van der Waals surface area (Å²) < 4.78 is 0. The fourth-order valence-electron chi connectivity index (χ4n) is 1.67. The Hall–Kier alpha value is -1.03. The van der Waals surface area contributed by atoms with Crippen LogP contribution in [0.3, 0.4) is 0 Å². The molecule has 1 aliphatic rings. The van der Waals surface area contributed by atoms with E-state index in [1.807, 2.05) is 0 Å². The highest BCUT2D eigenvalue weighted by Gasteiger charge is 2.03. The molecule has 16 heavy (non-hydrogen) atoms. The summed E-state index contributed by atoms with van der Waals surface area (Å²) in [4.78, 5) is 11.3. The average Bonchev–Trinajstić information content (AvgIpc) is 2.31. The van der Waals surface area contributed by atoms with Gasteiger partial charge in [-0.15, -0.1) is 0 Å². The maximum atomic E-state index is 11.3. The number of rotatable bonds is 6. The summed E-state index contributed by atoms with van der Waals surface area (Å²) in [5.74, 6) is 0. The molecule has 0 aliphatic carbocycles. The van der Waals surface area contributed by atoms with E-state index in [1.165, 1.54) is 5.57 Å². The Balaban J connectivity index is 2.01. The molecule has 0 saturated carbocycles. The Bertz CT molecular complexity index is 238. The number of carbonyl (C=O) groups excluding carboxylic acids is 1. The van der Waals surface area contributed by atoms with Crippen molar-refractivity contribution in [3.05, 3.63) is 11.6 Å². The third-order valence-electron chi connectivity index (χ3n) is 2.71. The van der Waals surface area contributed by atoms with Crippen LogP contribution < -0.4 is 16.0 Å². The summed E-state index contributed by atoms with van der Waals surface area (Å²) in [6, 6.07) is -0.0389. The molecule has 1 rings (SSSR count). The molecule has 92 valence electrons. The smallest absolute Gasteiger partial charge is 0.314 e. The van der Waals surface area contributed by atoms with Gasteiger partial charge in [-0.3, -0.25) is 0 Å². The fraction of sp³-hybridized carbons (Fsp3) is 0.750. The standard InChI is InChI=1S/C12H23N3O/c1-2-3-7-14-12(16)15-10-6-11-4-8-13-9-5-11/h4,13H,2-3,5-10H2,1H3,(H2,14,15,16). The van der Waals surface area contributed by atoms with Crippen LogP contribution in [0.25, 0.3) is 0 Å². The molecule has 0 fully saturated rings. The van der Waals surface area contributed by atoms with Gasteiger partial charge in [0.2, 0.25) is 0 Å². The van der Waals surface area contributed by atoms with Crippen molar-refractivity contribution in [1.82, 2.24) is 16.0 Å². The largest absolute Gasteiger partial charge is 0.338 e. The van der Waals surface area contributed by atoms with Crippen LogP contribution in [0.5, 0.6) is 0 Å². The molecule has 4 heteroatoms. The number of unbranched alkanes of at least 4 members (excludes halogenated alkanes) is 1. The van der Waals surface area contributed by atoms with Crippen LogP contribution >= 0.6 is 0 Å². The number of urea groups is 1. The maximum Gasteiger partial charge on any atom is 0.314 e. The lowest BCUT2D eigenvalue weighted by Gasteiger charge is -2.14. The quantitative estimate of drug-likeness (QED) is 0.473. The van der Waals surface area contributed by atoms with Crippen molar-refractivity contribution in [2.45, 2.75) is 32.6 Å². The van der Waals surface area contributed by atoms with Gasteiger partial charge < -0.3 is 16.0 Å². The second kappa shape index (κ2) is 8.16. The summed E-state index contributed by atoms with van der Waals surface area (Å²) in [5.41, 5.74) is 1.45. The molecule has 0 aromatic heterocycles. The monoisotopic (exact) mass is 225 g/mol. The van der Waals surface area contributed by atoms with Crippen LogP contribution in [0.1, 0.15) is 32.6 Å². The molecule has 0 spiro atoms. The second-order valence-corrected chi connectivity index (χ2v) is 4.10. The highest BCUT2D eigenvalue weighted by atomic mass is 16.2. The van der Waals surface area contributed by atoms with Crippen LogP contribution in [-0.2, 0) is 0 Å². The first-order valence-electron chi connectivity index (χ1n) is 6.23. The lowest BCUT2D eigenvalue weighted by Crippen LogP contribution is -2.36. The molecule has 2 amide bonds. The van der Waals surface area contributed by atoms with Crippen molar-refractivity contribution in [2.24, 2.45) is 0 Å². The van der Waals surface area contributed by atoms with Crippen molar-refractivity contribution in [3.63, 3.8) is 0 Å². The molecule has 0 aromatic rings. The van der Waals surface area contributed by atoms with E-state index in [-0.39, 0.29) is 6.03 Å². The molecule has 0 unspecified atom stereocenters. The molecule has 0 radical (unpaired) electrons. The third kappa shape index (κ3) is 5.75. The summed E-state index contributed by atoms with van der Waals surface area (Å²) in [7, 11) is 0. The first-order valence-corrected chi connectivity index (χ1v) is 6.23. The van der Waals surface area contributed by atoms with Crippen LogP contribution in [0.2, 0.25) is 0 Å². The maximum absolute atomic E-state index is 11.3. The zero-order valence-electron chi connectivity index (χ0n) is 10.1. The van der Waals surface area contributed by atoms with Gasteiger partial charge >= 0.3 is 6.03 Å². The Morgan fingerprint density at radius 3 is 2.94 bits per heavy atom. The summed E-state index contributed by atoms with van der Waals surface area (Å²) in [6.45, 7) is 5.66. The van der Waals surface area contributed by atoms with Crippen molar-refractivity contribution < 1.29 is 4.79 Å². The van der Waals surface area contributed by atoms with Gasteiger partial charge in [0.15, 0.2) is 0 Å². The Morgan fingerprint density at radius 2 is 2.25 bits per heavy atom. The van der Waals surface area contributed by atoms with E-state index in [2.05, 4.69) is 29.0 Å². The minimum atomic E-state index is -0.0389. The zero-order chi connectivity index (χ0) is 11.6. The van der Waals surface area contributed by atoms with E-state index in [0.29, 0.717) is 0 Å². The van der Waals surface area contributed by atoms with E-state index < -0.39 is 0 Å².